The van der Waals surface area contributed by atoms with E-state index < -0.39 is 0 Å². The molecule has 1 aliphatic rings. The summed E-state index contributed by atoms with van der Waals surface area (Å²) in [7, 11) is 0. The first-order valence-electron chi connectivity index (χ1n) is 7.36. The molecule has 0 aromatic rings. The largest absolute Gasteiger partial charge is 0.377 e. The molecule has 102 valence electrons. The minimum absolute atomic E-state index is 0.152. The van der Waals surface area contributed by atoms with Crippen LogP contribution in [-0.2, 0) is 4.74 Å². The minimum atomic E-state index is 0.152. The van der Waals surface area contributed by atoms with Crippen LogP contribution >= 0.6 is 0 Å². The quantitative estimate of drug-likeness (QED) is 0.643. The molecular weight excluding hydrogens is 212 g/mol. The van der Waals surface area contributed by atoms with E-state index in [4.69, 9.17) is 16.2 Å². The van der Waals surface area contributed by atoms with Crippen molar-refractivity contribution in [2.24, 2.45) is 11.5 Å². The predicted molar refractivity (Wildman–Crippen MR) is 72.9 cm³/mol. The van der Waals surface area contributed by atoms with Gasteiger partial charge < -0.3 is 16.2 Å². The summed E-state index contributed by atoms with van der Waals surface area (Å²) >= 11 is 0. The molecule has 1 aliphatic carbocycles. The maximum Gasteiger partial charge on any atom is 0.0727 e. The lowest BCUT2D eigenvalue weighted by atomic mass is 9.89. The highest BCUT2D eigenvalue weighted by Crippen LogP contribution is 2.19. The van der Waals surface area contributed by atoms with Gasteiger partial charge in [-0.15, -0.1) is 0 Å². The van der Waals surface area contributed by atoms with E-state index in [0.717, 1.165) is 25.9 Å². The number of ether oxygens (including phenoxy) is 1. The molecule has 17 heavy (non-hydrogen) atoms. The Labute approximate surface area is 106 Å². The van der Waals surface area contributed by atoms with Crippen molar-refractivity contribution in [2.75, 3.05) is 6.61 Å². The van der Waals surface area contributed by atoms with Crippen LogP contribution in [-0.4, -0.2) is 24.8 Å². The Morgan fingerprint density at radius 2 is 1.71 bits per heavy atom. The summed E-state index contributed by atoms with van der Waals surface area (Å²) in [6, 6.07) is 0.442. The Bertz CT molecular complexity index is 187. The zero-order valence-corrected chi connectivity index (χ0v) is 11.4. The third-order valence-corrected chi connectivity index (χ3v) is 3.70. The van der Waals surface area contributed by atoms with Gasteiger partial charge in [-0.2, -0.15) is 0 Å². The highest BCUT2D eigenvalue weighted by Gasteiger charge is 2.26. The molecule has 4 N–H and O–H groups in total. The molecule has 3 nitrogen and oxygen atoms in total. The molecule has 0 bridgehead atoms. The summed E-state index contributed by atoms with van der Waals surface area (Å²) in [5.41, 5.74) is 11.9. The highest BCUT2D eigenvalue weighted by molar-refractivity contribution is 4.85. The van der Waals surface area contributed by atoms with Gasteiger partial charge in [-0.05, 0) is 25.7 Å². The van der Waals surface area contributed by atoms with Crippen molar-refractivity contribution in [1.82, 2.24) is 0 Å². The first-order chi connectivity index (χ1) is 8.24. The van der Waals surface area contributed by atoms with E-state index in [1.165, 1.54) is 38.5 Å². The second kappa shape index (κ2) is 8.90. The molecule has 0 heterocycles. The predicted octanol–water partition coefficient (Wildman–Crippen LogP) is 2.57. The van der Waals surface area contributed by atoms with E-state index in [2.05, 4.69) is 6.92 Å². The summed E-state index contributed by atoms with van der Waals surface area (Å²) in [6.07, 6.45) is 11.1. The average molecular weight is 242 g/mol. The lowest BCUT2D eigenvalue weighted by molar-refractivity contribution is 0.00978. The van der Waals surface area contributed by atoms with E-state index in [1.54, 1.807) is 0 Å². The number of nitrogens with two attached hydrogens (primary N) is 2. The summed E-state index contributed by atoms with van der Waals surface area (Å²) in [5.74, 6) is 0. The first kappa shape index (κ1) is 14.9. The molecule has 3 atom stereocenters. The lowest BCUT2D eigenvalue weighted by Crippen LogP contribution is -2.46. The molecule has 3 heteroatoms. The maximum atomic E-state index is 6.04. The van der Waals surface area contributed by atoms with Crippen molar-refractivity contribution in [3.63, 3.8) is 0 Å². The van der Waals surface area contributed by atoms with E-state index >= 15 is 0 Å². The van der Waals surface area contributed by atoms with Gasteiger partial charge in [0.05, 0.1) is 6.10 Å². The van der Waals surface area contributed by atoms with Gasteiger partial charge >= 0.3 is 0 Å². The fourth-order valence-electron chi connectivity index (χ4n) is 2.54. The molecule has 1 rings (SSSR count). The third kappa shape index (κ3) is 6.39. The zero-order chi connectivity index (χ0) is 12.5. The van der Waals surface area contributed by atoms with Crippen molar-refractivity contribution >= 4 is 0 Å². The van der Waals surface area contributed by atoms with Crippen molar-refractivity contribution in [3.8, 4) is 0 Å². The minimum Gasteiger partial charge on any atom is -0.377 e. The Balaban J connectivity index is 1.95. The first-order valence-corrected chi connectivity index (χ1v) is 7.36. The zero-order valence-electron chi connectivity index (χ0n) is 11.4. The van der Waals surface area contributed by atoms with Crippen molar-refractivity contribution in [1.29, 1.82) is 0 Å². The third-order valence-electron chi connectivity index (χ3n) is 3.70. The summed E-state index contributed by atoms with van der Waals surface area (Å²) in [4.78, 5) is 0. The topological polar surface area (TPSA) is 61.3 Å². The molecular formula is C14H30N2O. The van der Waals surface area contributed by atoms with E-state index in [1.807, 2.05) is 0 Å². The van der Waals surface area contributed by atoms with Gasteiger partial charge in [0.15, 0.2) is 0 Å². The Morgan fingerprint density at radius 1 is 1.00 bits per heavy atom. The van der Waals surface area contributed by atoms with Gasteiger partial charge in [0.1, 0.15) is 0 Å². The number of hydrogen-bond donors (Lipinski definition) is 2. The van der Waals surface area contributed by atoms with Crippen LogP contribution in [0.4, 0.5) is 0 Å². The van der Waals surface area contributed by atoms with Gasteiger partial charge in [-0.25, -0.2) is 0 Å². The van der Waals surface area contributed by atoms with Gasteiger partial charge in [0, 0.05) is 18.7 Å². The number of unbranched alkanes of at least 4 members (excludes halogenated alkanes) is 5. The van der Waals surface area contributed by atoms with Crippen LogP contribution in [0, 0.1) is 0 Å². The van der Waals surface area contributed by atoms with Crippen LogP contribution in [0.25, 0.3) is 0 Å². The fourth-order valence-corrected chi connectivity index (χ4v) is 2.54. The highest BCUT2D eigenvalue weighted by atomic mass is 16.5. The molecule has 1 saturated carbocycles. The molecule has 0 aromatic heterocycles. The van der Waals surface area contributed by atoms with E-state index in [-0.39, 0.29) is 12.1 Å². The van der Waals surface area contributed by atoms with Crippen LogP contribution in [0.2, 0.25) is 0 Å². The molecule has 0 aliphatic heterocycles. The Kier molecular flexibility index (Phi) is 7.82. The number of rotatable bonds is 8. The smallest absolute Gasteiger partial charge is 0.0727 e. The van der Waals surface area contributed by atoms with E-state index in [9.17, 15) is 0 Å². The van der Waals surface area contributed by atoms with Crippen LogP contribution < -0.4 is 11.5 Å². The lowest BCUT2D eigenvalue weighted by Gasteiger charge is -2.32. The van der Waals surface area contributed by atoms with Crippen LogP contribution in [0.1, 0.15) is 64.7 Å². The molecule has 0 aromatic carbocycles. The van der Waals surface area contributed by atoms with Gasteiger partial charge in [0.25, 0.3) is 0 Å². The second-order valence-corrected chi connectivity index (χ2v) is 5.41. The van der Waals surface area contributed by atoms with Gasteiger partial charge in [-0.3, -0.25) is 0 Å². The summed E-state index contributed by atoms with van der Waals surface area (Å²) in [5, 5.41) is 0. The molecule has 0 spiro atoms. The Morgan fingerprint density at radius 3 is 2.41 bits per heavy atom. The van der Waals surface area contributed by atoms with Gasteiger partial charge in [-0.1, -0.05) is 39.0 Å². The summed E-state index contributed by atoms with van der Waals surface area (Å²) < 4.78 is 5.87. The molecule has 0 amide bonds. The van der Waals surface area contributed by atoms with Crippen LogP contribution in [0.5, 0.6) is 0 Å². The monoisotopic (exact) mass is 242 g/mol. The maximum absolute atomic E-state index is 6.04. The molecule has 0 saturated heterocycles. The fraction of sp³-hybridized carbons (Fsp3) is 1.00. The Hall–Kier alpha value is -0.120. The van der Waals surface area contributed by atoms with Crippen LogP contribution in [0.3, 0.4) is 0 Å². The SMILES string of the molecule is CCCCCCCCOC1CCC(N)CC1N. The van der Waals surface area contributed by atoms with Gasteiger partial charge in [0.2, 0.25) is 0 Å². The standard InChI is InChI=1S/C14H30N2O/c1-2-3-4-5-6-7-10-17-14-9-8-12(15)11-13(14)16/h12-14H,2-11,15-16H2,1H3. The number of hydrogen-bond acceptors (Lipinski definition) is 3. The van der Waals surface area contributed by atoms with Crippen molar-refractivity contribution in [2.45, 2.75) is 82.9 Å². The van der Waals surface area contributed by atoms with Crippen molar-refractivity contribution in [3.05, 3.63) is 0 Å². The molecule has 1 fully saturated rings. The van der Waals surface area contributed by atoms with Crippen molar-refractivity contribution < 1.29 is 4.74 Å². The molecule has 3 unspecified atom stereocenters. The van der Waals surface area contributed by atoms with Crippen LogP contribution in [0.15, 0.2) is 0 Å². The second-order valence-electron chi connectivity index (χ2n) is 5.41. The summed E-state index contributed by atoms with van der Waals surface area (Å²) in [6.45, 7) is 3.12. The normalized spacial score (nSPS) is 29.5. The van der Waals surface area contributed by atoms with E-state index in [0.29, 0.717) is 6.04 Å². The average Bonchev–Trinajstić information content (AvgIpc) is 2.30. The molecule has 0 radical (unpaired) electrons.